The van der Waals surface area contributed by atoms with E-state index in [0.717, 1.165) is 19.7 Å². The molecule has 5 nitrogen and oxygen atoms in total. The minimum absolute atomic E-state index is 0.143. The molecule has 1 aromatic heterocycles. The van der Waals surface area contributed by atoms with Gasteiger partial charge in [-0.15, -0.1) is 5.10 Å². The average molecular weight is 349 g/mol. The highest BCUT2D eigenvalue weighted by molar-refractivity contribution is 5.17. The van der Waals surface area contributed by atoms with Gasteiger partial charge in [0, 0.05) is 19.5 Å². The molecule has 1 spiro atoms. The van der Waals surface area contributed by atoms with Crippen LogP contribution in [-0.2, 0) is 18.3 Å². The van der Waals surface area contributed by atoms with Gasteiger partial charge in [0.05, 0.1) is 17.9 Å². The maximum Gasteiger partial charge on any atom is 0.100 e. The molecule has 2 heterocycles. The van der Waals surface area contributed by atoms with Crippen molar-refractivity contribution < 1.29 is 4.74 Å². The maximum absolute atomic E-state index is 6.29. The molecule has 0 aromatic carbocycles. The fourth-order valence-electron chi connectivity index (χ4n) is 4.84. The van der Waals surface area contributed by atoms with Gasteiger partial charge in [-0.25, -0.2) is 0 Å². The number of aryl methyl sites for hydroxylation is 1. The molecule has 25 heavy (non-hydrogen) atoms. The molecule has 0 bridgehead atoms. The molecule has 3 rings (SSSR count). The van der Waals surface area contributed by atoms with E-state index in [2.05, 4.69) is 50.1 Å². The monoisotopic (exact) mass is 348 g/mol. The van der Waals surface area contributed by atoms with Crippen LogP contribution in [0.1, 0.15) is 83.0 Å². The Labute approximate surface area is 153 Å². The lowest BCUT2D eigenvalue weighted by Gasteiger charge is -2.37. The van der Waals surface area contributed by atoms with Crippen molar-refractivity contribution in [3.05, 3.63) is 11.4 Å². The lowest BCUT2D eigenvalue weighted by atomic mass is 9.72. The third kappa shape index (κ3) is 4.25. The molecule has 0 N–H and O–H groups in total. The summed E-state index contributed by atoms with van der Waals surface area (Å²) in [6.45, 7) is 9.87. The summed E-state index contributed by atoms with van der Waals surface area (Å²) in [6, 6.07) is 0. The van der Waals surface area contributed by atoms with Crippen LogP contribution in [0.4, 0.5) is 0 Å². The molecular weight excluding hydrogens is 312 g/mol. The molecular formula is C20H36N4O. The van der Waals surface area contributed by atoms with Gasteiger partial charge in [0.15, 0.2) is 0 Å². The number of hydrogen-bond acceptors (Lipinski definition) is 4. The zero-order valence-corrected chi connectivity index (χ0v) is 16.8. The third-order valence-corrected chi connectivity index (χ3v) is 6.11. The van der Waals surface area contributed by atoms with E-state index in [-0.39, 0.29) is 5.60 Å². The van der Waals surface area contributed by atoms with Gasteiger partial charge in [-0.05, 0) is 57.5 Å². The van der Waals surface area contributed by atoms with Crippen molar-refractivity contribution >= 4 is 0 Å². The number of ether oxygens (including phenoxy) is 1. The van der Waals surface area contributed by atoms with Crippen LogP contribution < -0.4 is 0 Å². The summed E-state index contributed by atoms with van der Waals surface area (Å²) < 4.78 is 8.30. The average Bonchev–Trinajstić information content (AvgIpc) is 3.07. The molecule has 0 amide bonds. The van der Waals surface area contributed by atoms with E-state index in [1.807, 2.05) is 4.68 Å². The van der Waals surface area contributed by atoms with Crippen molar-refractivity contribution in [1.82, 2.24) is 19.9 Å². The highest BCUT2D eigenvalue weighted by Gasteiger charge is 2.46. The summed E-state index contributed by atoms with van der Waals surface area (Å²) in [5, 5.41) is 8.84. The molecule has 142 valence electrons. The molecule has 0 atom stereocenters. The van der Waals surface area contributed by atoms with E-state index in [1.165, 1.54) is 56.3 Å². The zero-order valence-electron chi connectivity index (χ0n) is 16.8. The predicted octanol–water partition coefficient (Wildman–Crippen LogP) is 3.89. The molecule has 0 unspecified atom stereocenters. The Morgan fingerprint density at radius 1 is 1.28 bits per heavy atom. The first-order valence-electron chi connectivity index (χ1n) is 10.1. The summed E-state index contributed by atoms with van der Waals surface area (Å²) in [6.07, 6.45) is 8.44. The van der Waals surface area contributed by atoms with Crippen LogP contribution in [0.15, 0.2) is 0 Å². The second-order valence-electron chi connectivity index (χ2n) is 9.22. The molecule has 1 saturated carbocycles. The Kier molecular flexibility index (Phi) is 5.54. The lowest BCUT2D eigenvalue weighted by Crippen LogP contribution is -2.34. The van der Waals surface area contributed by atoms with Crippen LogP contribution in [-0.4, -0.2) is 45.7 Å². The number of rotatable bonds is 6. The smallest absolute Gasteiger partial charge is 0.100 e. The second-order valence-corrected chi connectivity index (χ2v) is 9.22. The van der Waals surface area contributed by atoms with E-state index < -0.39 is 0 Å². The molecule has 0 radical (unpaired) electrons. The lowest BCUT2D eigenvalue weighted by molar-refractivity contribution is -0.0298. The van der Waals surface area contributed by atoms with E-state index in [0.29, 0.717) is 11.3 Å². The quantitative estimate of drug-likeness (QED) is 0.782. The van der Waals surface area contributed by atoms with Crippen LogP contribution in [0.3, 0.4) is 0 Å². The molecule has 2 aliphatic rings. The van der Waals surface area contributed by atoms with Crippen molar-refractivity contribution in [3.8, 4) is 0 Å². The van der Waals surface area contributed by atoms with Gasteiger partial charge >= 0.3 is 0 Å². The summed E-state index contributed by atoms with van der Waals surface area (Å²) in [5.41, 5.74) is 3.02. The van der Waals surface area contributed by atoms with Crippen LogP contribution in [0, 0.1) is 5.41 Å². The van der Waals surface area contributed by atoms with E-state index in [9.17, 15) is 0 Å². The number of nitrogens with zero attached hydrogens (tertiary/aromatic N) is 4. The van der Waals surface area contributed by atoms with Crippen LogP contribution in [0.5, 0.6) is 0 Å². The summed E-state index contributed by atoms with van der Waals surface area (Å²) >= 11 is 0. The van der Waals surface area contributed by atoms with Crippen molar-refractivity contribution in [2.24, 2.45) is 12.5 Å². The van der Waals surface area contributed by atoms with Crippen molar-refractivity contribution in [2.45, 2.75) is 83.8 Å². The predicted molar refractivity (Wildman–Crippen MR) is 101 cm³/mol. The van der Waals surface area contributed by atoms with E-state index >= 15 is 0 Å². The topological polar surface area (TPSA) is 43.2 Å². The van der Waals surface area contributed by atoms with Gasteiger partial charge in [-0.3, -0.25) is 4.68 Å². The van der Waals surface area contributed by atoms with Crippen LogP contribution in [0.2, 0.25) is 0 Å². The highest BCUT2D eigenvalue weighted by Crippen LogP contribution is 2.49. The van der Waals surface area contributed by atoms with Gasteiger partial charge in [-0.2, -0.15) is 0 Å². The summed E-state index contributed by atoms with van der Waals surface area (Å²) in [4.78, 5) is 2.38. The molecule has 1 aromatic rings. The number of unbranched alkanes of at least 4 members (excludes halogenated alkanes) is 1. The first-order chi connectivity index (χ1) is 11.8. The Hall–Kier alpha value is -0.940. The van der Waals surface area contributed by atoms with Crippen LogP contribution in [0.25, 0.3) is 0 Å². The second kappa shape index (κ2) is 7.36. The molecule has 2 fully saturated rings. The first-order valence-corrected chi connectivity index (χ1v) is 10.1. The summed E-state index contributed by atoms with van der Waals surface area (Å²) in [7, 11) is 4.25. The Bertz CT molecular complexity index is 572. The molecule has 1 saturated heterocycles. The SMILES string of the molecule is CCCCN(C)Cc1nnn(C)c1C1CCC2(CC1)CC(C)(C)CO2. The maximum atomic E-state index is 6.29. The van der Waals surface area contributed by atoms with E-state index in [1.54, 1.807) is 0 Å². The third-order valence-electron chi connectivity index (χ3n) is 6.11. The number of aromatic nitrogens is 3. The van der Waals surface area contributed by atoms with Gasteiger partial charge < -0.3 is 9.64 Å². The minimum Gasteiger partial charge on any atom is -0.374 e. The van der Waals surface area contributed by atoms with Gasteiger partial charge in [0.25, 0.3) is 0 Å². The van der Waals surface area contributed by atoms with Gasteiger partial charge in [0.1, 0.15) is 5.69 Å². The first kappa shape index (κ1) is 18.8. The minimum atomic E-state index is 0.143. The van der Waals surface area contributed by atoms with Crippen molar-refractivity contribution in [2.75, 3.05) is 20.2 Å². The molecule has 1 aliphatic heterocycles. The van der Waals surface area contributed by atoms with Crippen molar-refractivity contribution in [3.63, 3.8) is 0 Å². The largest absolute Gasteiger partial charge is 0.374 e. The Morgan fingerprint density at radius 2 is 2.00 bits per heavy atom. The van der Waals surface area contributed by atoms with E-state index in [4.69, 9.17) is 4.74 Å². The standard InChI is InChI=1S/C20H36N4O/c1-6-7-12-23(4)13-17-18(24(5)22-21-17)16-8-10-20(11-9-16)14-19(2,3)15-25-20/h16H,6-15H2,1-5H3. The highest BCUT2D eigenvalue weighted by atomic mass is 16.5. The zero-order chi connectivity index (χ0) is 18.1. The summed E-state index contributed by atoms with van der Waals surface area (Å²) in [5.74, 6) is 0.576. The normalized spacial score (nSPS) is 29.0. The van der Waals surface area contributed by atoms with Gasteiger partial charge in [0.2, 0.25) is 0 Å². The fraction of sp³-hybridized carbons (Fsp3) is 0.900. The van der Waals surface area contributed by atoms with Crippen molar-refractivity contribution in [1.29, 1.82) is 0 Å². The Balaban J connectivity index is 1.64. The number of hydrogen-bond donors (Lipinski definition) is 0. The Morgan fingerprint density at radius 3 is 2.60 bits per heavy atom. The molecule has 1 aliphatic carbocycles. The molecule has 5 heteroatoms. The van der Waals surface area contributed by atoms with Crippen LogP contribution >= 0.6 is 0 Å². The fourth-order valence-corrected chi connectivity index (χ4v) is 4.84. The van der Waals surface area contributed by atoms with Gasteiger partial charge in [-0.1, -0.05) is 32.4 Å².